The topological polar surface area (TPSA) is 46.2 Å². The van der Waals surface area contributed by atoms with E-state index in [9.17, 15) is 0 Å². The van der Waals surface area contributed by atoms with Crippen LogP contribution in [0.25, 0.3) is 0 Å². The molecule has 1 aliphatic carbocycles. The zero-order chi connectivity index (χ0) is 10.6. The van der Waals surface area contributed by atoms with Crippen molar-refractivity contribution in [1.29, 1.82) is 0 Å². The van der Waals surface area contributed by atoms with Gasteiger partial charge in [0.25, 0.3) is 0 Å². The fraction of sp³-hybridized carbons (Fsp3) is 1.00. The fourth-order valence-corrected chi connectivity index (χ4v) is 2.60. The summed E-state index contributed by atoms with van der Waals surface area (Å²) in [5.74, 6) is 1.63. The van der Waals surface area contributed by atoms with Gasteiger partial charge in [-0.15, -0.1) is 0 Å². The van der Waals surface area contributed by atoms with Gasteiger partial charge in [0.2, 0.25) is 0 Å². The Morgan fingerprint density at radius 3 is 2.64 bits per heavy atom. The third-order valence-electron chi connectivity index (χ3n) is 3.82. The molecule has 0 aromatic heterocycles. The minimum Gasteiger partial charge on any atom is -0.396 e. The maximum absolute atomic E-state index is 8.97. The van der Waals surface area contributed by atoms with Crippen LogP contribution in [0.2, 0.25) is 0 Å². The van der Waals surface area contributed by atoms with Gasteiger partial charge in [-0.3, -0.25) is 0 Å². The molecule has 2 nitrogen and oxygen atoms in total. The Kier molecular flexibility index (Phi) is 4.39. The van der Waals surface area contributed by atoms with Gasteiger partial charge in [0, 0.05) is 12.1 Å². The van der Waals surface area contributed by atoms with Crippen molar-refractivity contribution in [3.63, 3.8) is 0 Å². The standard InChI is InChI=1S/C12H25NO/c1-10(2)11-4-3-6-12(13,7-5-11)8-9-14/h10-11,14H,3-9,13H2,1-2H3. The van der Waals surface area contributed by atoms with E-state index in [1.54, 1.807) is 0 Å². The van der Waals surface area contributed by atoms with Crippen LogP contribution in [0, 0.1) is 11.8 Å². The maximum atomic E-state index is 8.97. The summed E-state index contributed by atoms with van der Waals surface area (Å²) in [6, 6.07) is 0. The van der Waals surface area contributed by atoms with Crippen LogP contribution in [0.4, 0.5) is 0 Å². The Balaban J connectivity index is 2.47. The molecule has 0 aliphatic heterocycles. The normalized spacial score (nSPS) is 34.5. The highest BCUT2D eigenvalue weighted by molar-refractivity contribution is 4.87. The molecule has 84 valence electrons. The van der Waals surface area contributed by atoms with Crippen molar-refractivity contribution in [3.05, 3.63) is 0 Å². The number of nitrogens with two attached hydrogens (primary N) is 1. The molecule has 0 saturated heterocycles. The Bertz CT molecular complexity index is 170. The summed E-state index contributed by atoms with van der Waals surface area (Å²) < 4.78 is 0. The molecule has 1 aliphatic rings. The van der Waals surface area contributed by atoms with Gasteiger partial charge in [-0.25, -0.2) is 0 Å². The highest BCUT2D eigenvalue weighted by atomic mass is 16.3. The summed E-state index contributed by atoms with van der Waals surface area (Å²) in [7, 11) is 0. The molecule has 0 bridgehead atoms. The van der Waals surface area contributed by atoms with E-state index >= 15 is 0 Å². The molecule has 1 rings (SSSR count). The van der Waals surface area contributed by atoms with E-state index in [1.807, 2.05) is 0 Å². The van der Waals surface area contributed by atoms with E-state index in [-0.39, 0.29) is 12.1 Å². The van der Waals surface area contributed by atoms with Crippen molar-refractivity contribution < 1.29 is 5.11 Å². The second kappa shape index (κ2) is 5.13. The van der Waals surface area contributed by atoms with E-state index in [0.717, 1.165) is 31.1 Å². The van der Waals surface area contributed by atoms with Gasteiger partial charge in [-0.1, -0.05) is 26.7 Å². The van der Waals surface area contributed by atoms with Crippen molar-refractivity contribution in [2.75, 3.05) is 6.61 Å². The lowest BCUT2D eigenvalue weighted by Crippen LogP contribution is -2.40. The van der Waals surface area contributed by atoms with Crippen LogP contribution in [0.5, 0.6) is 0 Å². The molecule has 0 aromatic rings. The molecular weight excluding hydrogens is 174 g/mol. The molecule has 0 spiro atoms. The lowest BCUT2D eigenvalue weighted by atomic mass is 9.85. The molecular formula is C12H25NO. The zero-order valence-electron chi connectivity index (χ0n) is 9.63. The summed E-state index contributed by atoms with van der Waals surface area (Å²) in [5, 5.41) is 8.97. The van der Waals surface area contributed by atoms with Crippen molar-refractivity contribution >= 4 is 0 Å². The Morgan fingerprint density at radius 2 is 2.07 bits per heavy atom. The van der Waals surface area contributed by atoms with Crippen LogP contribution in [-0.4, -0.2) is 17.3 Å². The van der Waals surface area contributed by atoms with Crippen LogP contribution in [0.1, 0.15) is 52.4 Å². The Hall–Kier alpha value is -0.0800. The van der Waals surface area contributed by atoms with Gasteiger partial charge in [0.15, 0.2) is 0 Å². The predicted molar refractivity (Wildman–Crippen MR) is 60.0 cm³/mol. The summed E-state index contributed by atoms with van der Waals surface area (Å²) in [6.45, 7) is 4.85. The second-order valence-electron chi connectivity index (χ2n) is 5.27. The summed E-state index contributed by atoms with van der Waals surface area (Å²) in [6.07, 6.45) is 6.76. The third kappa shape index (κ3) is 3.25. The fourth-order valence-electron chi connectivity index (χ4n) is 2.60. The number of rotatable bonds is 3. The molecule has 0 aromatic carbocycles. The number of hydrogen-bond acceptors (Lipinski definition) is 2. The van der Waals surface area contributed by atoms with Crippen molar-refractivity contribution in [2.24, 2.45) is 17.6 Å². The highest BCUT2D eigenvalue weighted by Gasteiger charge is 2.29. The van der Waals surface area contributed by atoms with Gasteiger partial charge in [0.05, 0.1) is 0 Å². The molecule has 2 atom stereocenters. The molecule has 1 saturated carbocycles. The van der Waals surface area contributed by atoms with Crippen molar-refractivity contribution in [1.82, 2.24) is 0 Å². The largest absolute Gasteiger partial charge is 0.396 e. The van der Waals surface area contributed by atoms with Crippen LogP contribution < -0.4 is 5.73 Å². The summed E-state index contributed by atoms with van der Waals surface area (Å²) >= 11 is 0. The SMILES string of the molecule is CC(C)C1CCCC(N)(CCO)CC1. The van der Waals surface area contributed by atoms with E-state index in [4.69, 9.17) is 10.8 Å². The third-order valence-corrected chi connectivity index (χ3v) is 3.82. The molecule has 0 heterocycles. The smallest absolute Gasteiger partial charge is 0.0448 e. The Labute approximate surface area is 87.9 Å². The van der Waals surface area contributed by atoms with Crippen LogP contribution in [0.3, 0.4) is 0 Å². The lowest BCUT2D eigenvalue weighted by Gasteiger charge is -2.27. The molecule has 14 heavy (non-hydrogen) atoms. The summed E-state index contributed by atoms with van der Waals surface area (Å²) in [5.41, 5.74) is 6.20. The highest BCUT2D eigenvalue weighted by Crippen LogP contribution is 2.34. The number of aliphatic hydroxyl groups is 1. The van der Waals surface area contributed by atoms with E-state index in [0.29, 0.717) is 0 Å². The first kappa shape index (κ1) is 12.0. The molecule has 0 radical (unpaired) electrons. The first-order chi connectivity index (χ1) is 6.57. The number of aliphatic hydroxyl groups excluding tert-OH is 1. The quantitative estimate of drug-likeness (QED) is 0.685. The summed E-state index contributed by atoms with van der Waals surface area (Å²) in [4.78, 5) is 0. The van der Waals surface area contributed by atoms with Crippen LogP contribution in [0.15, 0.2) is 0 Å². The van der Waals surface area contributed by atoms with Gasteiger partial charge < -0.3 is 10.8 Å². The van der Waals surface area contributed by atoms with E-state index < -0.39 is 0 Å². The minimum absolute atomic E-state index is 0.0710. The van der Waals surface area contributed by atoms with Gasteiger partial charge >= 0.3 is 0 Å². The molecule has 0 amide bonds. The first-order valence-electron chi connectivity index (χ1n) is 5.97. The monoisotopic (exact) mass is 199 g/mol. The van der Waals surface area contributed by atoms with Gasteiger partial charge in [0.1, 0.15) is 0 Å². The molecule has 2 heteroatoms. The van der Waals surface area contributed by atoms with Crippen LogP contribution in [-0.2, 0) is 0 Å². The first-order valence-corrected chi connectivity index (χ1v) is 5.97. The number of hydrogen-bond donors (Lipinski definition) is 2. The molecule has 1 fully saturated rings. The van der Waals surface area contributed by atoms with Crippen molar-refractivity contribution in [3.8, 4) is 0 Å². The van der Waals surface area contributed by atoms with Gasteiger partial charge in [-0.2, -0.15) is 0 Å². The molecule has 2 unspecified atom stereocenters. The molecule has 3 N–H and O–H groups in total. The average molecular weight is 199 g/mol. The Morgan fingerprint density at radius 1 is 1.36 bits per heavy atom. The average Bonchev–Trinajstić information content (AvgIpc) is 2.28. The van der Waals surface area contributed by atoms with Crippen molar-refractivity contribution in [2.45, 2.75) is 57.9 Å². The predicted octanol–water partition coefficient (Wildman–Crippen LogP) is 2.30. The second-order valence-corrected chi connectivity index (χ2v) is 5.27. The van der Waals surface area contributed by atoms with Crippen LogP contribution >= 0.6 is 0 Å². The van der Waals surface area contributed by atoms with E-state index in [2.05, 4.69) is 13.8 Å². The lowest BCUT2D eigenvalue weighted by molar-refractivity contribution is 0.221. The maximum Gasteiger partial charge on any atom is 0.0448 e. The van der Waals surface area contributed by atoms with Gasteiger partial charge in [-0.05, 0) is 37.5 Å². The minimum atomic E-state index is -0.0710. The zero-order valence-corrected chi connectivity index (χ0v) is 9.63. The van der Waals surface area contributed by atoms with E-state index in [1.165, 1.54) is 19.3 Å².